The Kier molecular flexibility index (Phi) is 4.82. The fourth-order valence-corrected chi connectivity index (χ4v) is 4.06. The highest BCUT2D eigenvalue weighted by Crippen LogP contribution is 2.46. The second kappa shape index (κ2) is 6.12. The van der Waals surface area contributed by atoms with E-state index in [1.807, 2.05) is 6.92 Å². The third kappa shape index (κ3) is 4.10. The van der Waals surface area contributed by atoms with Crippen molar-refractivity contribution in [1.29, 1.82) is 0 Å². The molecule has 3 unspecified atom stereocenters. The summed E-state index contributed by atoms with van der Waals surface area (Å²) in [5, 5.41) is 0. The van der Waals surface area contributed by atoms with Gasteiger partial charge in [0.05, 0.1) is 19.0 Å². The summed E-state index contributed by atoms with van der Waals surface area (Å²) in [4.78, 5) is 14.0. The van der Waals surface area contributed by atoms with Gasteiger partial charge in [0, 0.05) is 12.1 Å². The van der Waals surface area contributed by atoms with E-state index < -0.39 is 10.1 Å². The van der Waals surface area contributed by atoms with Crippen LogP contribution < -0.4 is 0 Å². The third-order valence-electron chi connectivity index (χ3n) is 4.40. The summed E-state index contributed by atoms with van der Waals surface area (Å²) in [5.74, 6) is 0.985. The summed E-state index contributed by atoms with van der Waals surface area (Å²) >= 11 is 0. The molecule has 2 aliphatic rings. The Morgan fingerprint density at radius 1 is 1.24 bits per heavy atom. The normalized spacial score (nSPS) is 36.4. The average molecular weight is 319 g/mol. The van der Waals surface area contributed by atoms with Crippen molar-refractivity contribution in [1.82, 2.24) is 4.90 Å². The molecule has 0 aromatic carbocycles. The van der Waals surface area contributed by atoms with E-state index in [0.717, 1.165) is 12.7 Å². The van der Waals surface area contributed by atoms with E-state index >= 15 is 0 Å². The van der Waals surface area contributed by atoms with Gasteiger partial charge in [-0.25, -0.2) is 4.79 Å². The summed E-state index contributed by atoms with van der Waals surface area (Å²) in [6, 6.07) is -0.0723. The molecule has 1 saturated heterocycles. The SMILES string of the molecule is CCOC(=O)N1C(C)CC(OS(C)(=O)=O)CC1[C@H]1C[C@H]1C. The zero-order valence-electron chi connectivity index (χ0n) is 13.1. The van der Waals surface area contributed by atoms with Crippen LogP contribution in [0.15, 0.2) is 0 Å². The number of hydrogen-bond acceptors (Lipinski definition) is 5. The number of nitrogens with zero attached hydrogens (tertiary/aromatic N) is 1. The second-order valence-electron chi connectivity index (χ2n) is 6.29. The van der Waals surface area contributed by atoms with Crippen molar-refractivity contribution >= 4 is 16.2 Å². The molecule has 0 radical (unpaired) electrons. The molecule has 21 heavy (non-hydrogen) atoms. The predicted molar refractivity (Wildman–Crippen MR) is 78.3 cm³/mol. The molecule has 122 valence electrons. The molecule has 0 aromatic heterocycles. The lowest BCUT2D eigenvalue weighted by Crippen LogP contribution is -2.54. The summed E-state index contributed by atoms with van der Waals surface area (Å²) in [5.41, 5.74) is 0. The van der Waals surface area contributed by atoms with Crippen LogP contribution in [0.4, 0.5) is 4.79 Å². The molecule has 7 heteroatoms. The molecule has 0 aromatic rings. The lowest BCUT2D eigenvalue weighted by atomic mass is 9.91. The molecular weight excluding hydrogens is 294 g/mol. The van der Waals surface area contributed by atoms with Crippen molar-refractivity contribution in [3.05, 3.63) is 0 Å². The third-order valence-corrected chi connectivity index (χ3v) is 5.02. The number of piperidine rings is 1. The first-order chi connectivity index (χ1) is 9.73. The fourth-order valence-electron chi connectivity index (χ4n) is 3.41. The fraction of sp³-hybridized carbons (Fsp3) is 0.929. The van der Waals surface area contributed by atoms with E-state index in [9.17, 15) is 13.2 Å². The van der Waals surface area contributed by atoms with Crippen molar-refractivity contribution < 1.29 is 22.1 Å². The Morgan fingerprint density at radius 2 is 1.86 bits per heavy atom. The summed E-state index contributed by atoms with van der Waals surface area (Å²) < 4.78 is 33.0. The number of amides is 1. The highest BCUT2D eigenvalue weighted by Gasteiger charge is 2.49. The van der Waals surface area contributed by atoms with Gasteiger partial charge in [0.25, 0.3) is 10.1 Å². The van der Waals surface area contributed by atoms with Crippen LogP contribution in [-0.4, -0.2) is 50.5 Å². The molecule has 5 atom stereocenters. The topological polar surface area (TPSA) is 72.9 Å². The summed E-state index contributed by atoms with van der Waals surface area (Å²) in [7, 11) is -3.47. The van der Waals surface area contributed by atoms with Gasteiger partial charge in [0.2, 0.25) is 0 Å². The van der Waals surface area contributed by atoms with Gasteiger partial charge in [-0.1, -0.05) is 6.92 Å². The minimum atomic E-state index is -3.47. The van der Waals surface area contributed by atoms with Crippen LogP contribution in [0, 0.1) is 11.8 Å². The summed E-state index contributed by atoms with van der Waals surface area (Å²) in [6.07, 6.45) is 2.57. The molecule has 1 saturated carbocycles. The maximum atomic E-state index is 12.2. The molecule has 0 N–H and O–H groups in total. The zero-order chi connectivity index (χ0) is 15.8. The van der Waals surface area contributed by atoms with Crippen molar-refractivity contribution in [2.24, 2.45) is 11.8 Å². The number of ether oxygens (including phenoxy) is 1. The van der Waals surface area contributed by atoms with Crippen LogP contribution in [0.2, 0.25) is 0 Å². The first-order valence-electron chi connectivity index (χ1n) is 7.56. The average Bonchev–Trinajstić information content (AvgIpc) is 3.03. The molecule has 2 fully saturated rings. The van der Waals surface area contributed by atoms with Gasteiger partial charge in [-0.2, -0.15) is 8.42 Å². The highest BCUT2D eigenvalue weighted by molar-refractivity contribution is 7.86. The molecule has 2 rings (SSSR count). The molecule has 0 spiro atoms. The molecule has 0 bridgehead atoms. The largest absolute Gasteiger partial charge is 0.450 e. The molecule has 1 heterocycles. The molecule has 1 aliphatic carbocycles. The van der Waals surface area contributed by atoms with E-state index in [1.165, 1.54) is 0 Å². The van der Waals surface area contributed by atoms with Crippen LogP contribution >= 0.6 is 0 Å². The van der Waals surface area contributed by atoms with Gasteiger partial charge >= 0.3 is 6.09 Å². The minimum absolute atomic E-state index is 0.00884. The van der Waals surface area contributed by atoms with Crippen LogP contribution in [0.1, 0.15) is 40.0 Å². The monoisotopic (exact) mass is 319 g/mol. The van der Waals surface area contributed by atoms with Crippen LogP contribution in [0.3, 0.4) is 0 Å². The maximum Gasteiger partial charge on any atom is 0.410 e. The van der Waals surface area contributed by atoms with E-state index in [0.29, 0.717) is 31.3 Å². The smallest absolute Gasteiger partial charge is 0.410 e. The maximum absolute atomic E-state index is 12.2. The van der Waals surface area contributed by atoms with Crippen molar-refractivity contribution in [3.63, 3.8) is 0 Å². The van der Waals surface area contributed by atoms with Gasteiger partial charge in [0.1, 0.15) is 0 Å². The van der Waals surface area contributed by atoms with Crippen LogP contribution in [0.5, 0.6) is 0 Å². The Hall–Kier alpha value is -0.820. The van der Waals surface area contributed by atoms with Gasteiger partial charge in [-0.15, -0.1) is 0 Å². The van der Waals surface area contributed by atoms with Crippen molar-refractivity contribution in [2.45, 2.75) is 58.2 Å². The lowest BCUT2D eigenvalue weighted by molar-refractivity contribution is 0.00675. The first-order valence-corrected chi connectivity index (χ1v) is 9.38. The van der Waals surface area contributed by atoms with E-state index in [1.54, 1.807) is 11.8 Å². The Balaban J connectivity index is 2.13. The van der Waals surface area contributed by atoms with E-state index in [2.05, 4.69) is 6.92 Å². The zero-order valence-corrected chi connectivity index (χ0v) is 13.9. The quantitative estimate of drug-likeness (QED) is 0.741. The van der Waals surface area contributed by atoms with Gasteiger partial charge < -0.3 is 9.64 Å². The summed E-state index contributed by atoms with van der Waals surface area (Å²) in [6.45, 7) is 6.21. The van der Waals surface area contributed by atoms with Crippen LogP contribution in [0.25, 0.3) is 0 Å². The van der Waals surface area contributed by atoms with Crippen LogP contribution in [-0.2, 0) is 19.0 Å². The number of likely N-dealkylation sites (tertiary alicyclic amines) is 1. The molecular formula is C14H25NO5S. The van der Waals surface area contributed by atoms with Gasteiger partial charge in [0.15, 0.2) is 0 Å². The Bertz CT molecular complexity index is 492. The first kappa shape index (κ1) is 16.5. The Labute approximate surface area is 126 Å². The number of hydrogen-bond donors (Lipinski definition) is 0. The van der Waals surface area contributed by atoms with Gasteiger partial charge in [-0.3, -0.25) is 4.18 Å². The van der Waals surface area contributed by atoms with Crippen molar-refractivity contribution in [3.8, 4) is 0 Å². The number of carbonyl (C=O) groups is 1. The predicted octanol–water partition coefficient (Wildman–Crippen LogP) is 2.00. The van der Waals surface area contributed by atoms with E-state index in [-0.39, 0.29) is 24.3 Å². The van der Waals surface area contributed by atoms with Gasteiger partial charge in [-0.05, 0) is 44.9 Å². The second-order valence-corrected chi connectivity index (χ2v) is 7.89. The molecule has 6 nitrogen and oxygen atoms in total. The van der Waals surface area contributed by atoms with Crippen molar-refractivity contribution in [2.75, 3.05) is 12.9 Å². The highest BCUT2D eigenvalue weighted by atomic mass is 32.2. The lowest BCUT2D eigenvalue weighted by Gasteiger charge is -2.43. The number of carbonyl (C=O) groups excluding carboxylic acids is 1. The number of rotatable bonds is 4. The van der Waals surface area contributed by atoms with E-state index in [4.69, 9.17) is 8.92 Å². The minimum Gasteiger partial charge on any atom is -0.450 e. The Morgan fingerprint density at radius 3 is 2.33 bits per heavy atom. The molecule has 1 amide bonds. The standard InChI is InChI=1S/C14H25NO5S/c1-5-19-14(16)15-10(3)7-11(20-21(4,17)18)8-13(15)12-6-9(12)2/h9-13H,5-8H2,1-4H3/t9-,10?,11?,12+,13?/m1/s1. The molecule has 1 aliphatic heterocycles.